The summed E-state index contributed by atoms with van der Waals surface area (Å²) in [5, 5.41) is 11.9. The molecule has 8 nitrogen and oxygen atoms in total. The van der Waals surface area contributed by atoms with E-state index in [1.807, 2.05) is 31.2 Å². The number of rotatable bonds is 4. The molecule has 1 fully saturated rings. The van der Waals surface area contributed by atoms with Crippen LogP contribution >= 0.6 is 0 Å². The van der Waals surface area contributed by atoms with Crippen molar-refractivity contribution in [1.82, 2.24) is 5.06 Å². The number of carboxylic acid groups (broad SMARTS) is 1. The van der Waals surface area contributed by atoms with Gasteiger partial charge in [-0.25, -0.2) is 9.59 Å². The third-order valence-electron chi connectivity index (χ3n) is 5.88. The zero-order valence-electron chi connectivity index (χ0n) is 18.7. The zero-order valence-corrected chi connectivity index (χ0v) is 18.7. The molecular weight excluding hydrogens is 450 g/mol. The predicted octanol–water partition coefficient (Wildman–Crippen LogP) is 2.68. The van der Waals surface area contributed by atoms with Gasteiger partial charge in [-0.15, -0.1) is 5.06 Å². The number of benzene rings is 3. The Labute approximate surface area is 199 Å². The van der Waals surface area contributed by atoms with Gasteiger partial charge in [0.05, 0.1) is 11.1 Å². The number of carboxylic acids is 1. The van der Waals surface area contributed by atoms with Crippen molar-refractivity contribution in [1.29, 1.82) is 0 Å². The molecule has 2 aliphatic heterocycles. The van der Waals surface area contributed by atoms with Crippen LogP contribution in [0.1, 0.15) is 50.2 Å². The summed E-state index contributed by atoms with van der Waals surface area (Å²) in [6, 6.07) is 15.1. The topological polar surface area (TPSA) is 110 Å². The van der Waals surface area contributed by atoms with E-state index in [1.54, 1.807) is 12.1 Å². The highest BCUT2D eigenvalue weighted by Crippen LogP contribution is 2.37. The molecule has 3 aromatic rings. The van der Waals surface area contributed by atoms with Crippen LogP contribution in [-0.4, -0.2) is 33.9 Å². The maximum absolute atomic E-state index is 12.6. The van der Waals surface area contributed by atoms with E-state index in [4.69, 9.17) is 9.57 Å². The first kappa shape index (κ1) is 22.1. The fraction of sp³-hybridized carbons (Fsp3) is 0.111. The molecule has 0 atom stereocenters. The number of hydrogen-bond acceptors (Lipinski definition) is 6. The van der Waals surface area contributed by atoms with E-state index in [2.05, 4.69) is 6.58 Å². The monoisotopic (exact) mass is 469 g/mol. The molecule has 1 N–H and O–H groups in total. The van der Waals surface area contributed by atoms with Crippen LogP contribution in [0.4, 0.5) is 0 Å². The Hall–Kier alpha value is -4.72. The number of nitrogens with zero attached hydrogens (tertiary/aromatic N) is 1. The lowest BCUT2D eigenvalue weighted by molar-refractivity contribution is -0.172. The summed E-state index contributed by atoms with van der Waals surface area (Å²) in [4.78, 5) is 53.4. The van der Waals surface area contributed by atoms with Crippen LogP contribution in [0, 0.1) is 6.92 Å². The second-order valence-corrected chi connectivity index (χ2v) is 8.33. The van der Waals surface area contributed by atoms with Gasteiger partial charge in [0, 0.05) is 29.2 Å². The number of ether oxygens (including phenoxy) is 1. The normalized spacial score (nSPS) is 14.3. The van der Waals surface area contributed by atoms with E-state index < -0.39 is 23.8 Å². The van der Waals surface area contributed by atoms with Crippen molar-refractivity contribution in [2.24, 2.45) is 0 Å². The number of imide groups is 1. The molecule has 0 unspecified atom stereocenters. The van der Waals surface area contributed by atoms with E-state index in [-0.39, 0.29) is 24.0 Å². The van der Waals surface area contributed by atoms with Crippen LogP contribution in [0.25, 0.3) is 12.2 Å². The zero-order chi connectivity index (χ0) is 24.9. The third-order valence-corrected chi connectivity index (χ3v) is 5.88. The predicted molar refractivity (Wildman–Crippen MR) is 124 cm³/mol. The van der Waals surface area contributed by atoms with Gasteiger partial charge in [0.2, 0.25) is 0 Å². The quantitative estimate of drug-likeness (QED) is 0.458. The first-order valence-electron chi connectivity index (χ1n) is 10.8. The number of aromatic carboxylic acids is 1. The lowest BCUT2D eigenvalue weighted by Crippen LogP contribution is -2.32. The maximum Gasteiger partial charge on any atom is 0.363 e. The third kappa shape index (κ3) is 3.85. The highest BCUT2D eigenvalue weighted by Gasteiger charge is 2.33. The molecule has 1 saturated heterocycles. The Kier molecular flexibility index (Phi) is 5.21. The number of hydrogen-bond donors (Lipinski definition) is 1. The van der Waals surface area contributed by atoms with Crippen molar-refractivity contribution in [2.75, 3.05) is 0 Å². The van der Waals surface area contributed by atoms with E-state index in [0.717, 1.165) is 10.8 Å². The second kappa shape index (κ2) is 8.25. The van der Waals surface area contributed by atoms with E-state index in [1.165, 1.54) is 18.2 Å². The smallest absolute Gasteiger partial charge is 0.363 e. The highest BCUT2D eigenvalue weighted by molar-refractivity contribution is 6.04. The van der Waals surface area contributed by atoms with Crippen LogP contribution in [-0.2, 0) is 14.4 Å². The van der Waals surface area contributed by atoms with Crippen molar-refractivity contribution >= 4 is 35.9 Å². The molecule has 35 heavy (non-hydrogen) atoms. The molecular formula is C27H19NO7. The minimum atomic E-state index is -1.26. The molecule has 0 bridgehead atoms. The van der Waals surface area contributed by atoms with Gasteiger partial charge in [-0.3, -0.25) is 9.59 Å². The van der Waals surface area contributed by atoms with E-state index in [0.29, 0.717) is 38.5 Å². The van der Waals surface area contributed by atoms with Crippen LogP contribution < -0.4 is 15.2 Å². The van der Waals surface area contributed by atoms with Crippen LogP contribution in [0.2, 0.25) is 0 Å². The summed E-state index contributed by atoms with van der Waals surface area (Å²) in [5.74, 6) is -2.39. The van der Waals surface area contributed by atoms with Gasteiger partial charge in [0.25, 0.3) is 11.8 Å². The van der Waals surface area contributed by atoms with Crippen molar-refractivity contribution in [2.45, 2.75) is 19.8 Å². The minimum absolute atomic E-state index is 0.0426. The lowest BCUT2D eigenvalue weighted by atomic mass is 9.88. The van der Waals surface area contributed by atoms with Gasteiger partial charge in [-0.2, -0.15) is 0 Å². The molecule has 174 valence electrons. The molecule has 0 aromatic heterocycles. The first-order valence-corrected chi connectivity index (χ1v) is 10.8. The summed E-state index contributed by atoms with van der Waals surface area (Å²) >= 11 is 0. The number of amides is 2. The van der Waals surface area contributed by atoms with Crippen LogP contribution in [0.15, 0.2) is 54.6 Å². The Bertz CT molecular complexity index is 1550. The van der Waals surface area contributed by atoms with Gasteiger partial charge >= 0.3 is 11.9 Å². The van der Waals surface area contributed by atoms with Gasteiger partial charge in [0.15, 0.2) is 0 Å². The Morgan fingerprint density at radius 1 is 0.943 bits per heavy atom. The summed E-state index contributed by atoms with van der Waals surface area (Å²) in [7, 11) is 0. The molecule has 0 spiro atoms. The van der Waals surface area contributed by atoms with Crippen molar-refractivity contribution in [3.63, 3.8) is 0 Å². The number of carbonyl (C=O) groups is 4. The summed E-state index contributed by atoms with van der Waals surface area (Å²) in [5.41, 5.74) is 2.42. The fourth-order valence-electron chi connectivity index (χ4n) is 4.19. The standard InChI is InChI=1S/C27H19NO7/c1-14-3-6-18-21(11-14)34-22-12-15(2)4-7-19(22)25(18)17-8-5-16(13-20(17)26(31)32)27(33)35-28-23(29)9-10-24(28)30/h3-8,11-13H,1,9-10H2,2H3,(H,31,32). The van der Waals surface area contributed by atoms with Crippen LogP contribution in [0.3, 0.4) is 0 Å². The van der Waals surface area contributed by atoms with Gasteiger partial charge in [-0.05, 0) is 47.5 Å². The van der Waals surface area contributed by atoms with Crippen molar-refractivity contribution in [3.05, 3.63) is 92.9 Å². The molecule has 0 saturated carbocycles. The maximum atomic E-state index is 12.6. The molecule has 2 amide bonds. The van der Waals surface area contributed by atoms with E-state index in [9.17, 15) is 24.3 Å². The molecule has 2 heterocycles. The molecule has 0 aliphatic carbocycles. The molecule has 2 aliphatic rings. The van der Waals surface area contributed by atoms with Crippen molar-refractivity contribution < 1.29 is 33.9 Å². The average molecular weight is 469 g/mol. The SMILES string of the molecule is C=c1ccc2c(c1)Oc1cc(C)ccc1C=2c1ccc(C(=O)ON2C(=O)CCC2=O)cc1C(=O)O. The van der Waals surface area contributed by atoms with Gasteiger partial charge < -0.3 is 14.7 Å². The molecule has 5 rings (SSSR count). The number of fused-ring (bicyclic) bond motifs is 2. The van der Waals surface area contributed by atoms with Crippen LogP contribution in [0.5, 0.6) is 11.5 Å². The summed E-state index contributed by atoms with van der Waals surface area (Å²) < 4.78 is 6.10. The number of hydroxylamine groups is 2. The first-order chi connectivity index (χ1) is 16.7. The van der Waals surface area contributed by atoms with Gasteiger partial charge in [-0.1, -0.05) is 36.9 Å². The second-order valence-electron chi connectivity index (χ2n) is 8.33. The number of aryl methyl sites for hydroxylation is 1. The largest absolute Gasteiger partial charge is 0.478 e. The molecule has 0 radical (unpaired) electrons. The number of carbonyl (C=O) groups excluding carboxylic acids is 3. The fourth-order valence-corrected chi connectivity index (χ4v) is 4.19. The molecule has 8 heteroatoms. The average Bonchev–Trinajstić information content (AvgIpc) is 3.14. The Balaban J connectivity index is 1.67. The Morgan fingerprint density at radius 2 is 1.66 bits per heavy atom. The summed E-state index contributed by atoms with van der Waals surface area (Å²) in [6.07, 6.45) is -0.0851. The Morgan fingerprint density at radius 3 is 2.37 bits per heavy atom. The van der Waals surface area contributed by atoms with Gasteiger partial charge in [0.1, 0.15) is 11.5 Å². The van der Waals surface area contributed by atoms with Crippen molar-refractivity contribution in [3.8, 4) is 11.5 Å². The molecule has 3 aromatic carbocycles. The minimum Gasteiger partial charge on any atom is -0.478 e. The van der Waals surface area contributed by atoms with E-state index >= 15 is 0 Å². The summed E-state index contributed by atoms with van der Waals surface area (Å²) in [6.45, 7) is 5.87. The lowest BCUT2D eigenvalue weighted by Gasteiger charge is -2.22. The highest BCUT2D eigenvalue weighted by atomic mass is 16.7.